The van der Waals surface area contributed by atoms with Gasteiger partial charge >= 0.3 is 6.09 Å². The number of aliphatic hydroxyl groups is 1. The molecule has 0 saturated heterocycles. The first-order chi connectivity index (χ1) is 18.7. The molecule has 3 aromatic rings. The summed E-state index contributed by atoms with van der Waals surface area (Å²) in [6.45, 7) is 7.13. The van der Waals surface area contributed by atoms with Gasteiger partial charge in [-0.2, -0.15) is 0 Å². The Hall–Kier alpha value is -3.40. The minimum absolute atomic E-state index is 0.0189. The molecule has 0 spiro atoms. The van der Waals surface area contributed by atoms with Crippen molar-refractivity contribution in [3.63, 3.8) is 0 Å². The van der Waals surface area contributed by atoms with E-state index in [4.69, 9.17) is 16.3 Å². The summed E-state index contributed by atoms with van der Waals surface area (Å²) in [6, 6.07) is 18.6. The Morgan fingerprint density at radius 1 is 1.00 bits per heavy atom. The first kappa shape index (κ1) is 31.1. The molecular formula is C30H35ClN2O6S. The summed E-state index contributed by atoms with van der Waals surface area (Å²) in [5.74, 6) is -0.303. The molecule has 0 bridgehead atoms. The van der Waals surface area contributed by atoms with E-state index in [1.807, 2.05) is 6.92 Å². The number of hydrogen-bond donors (Lipinski definition) is 2. The fourth-order valence-corrected chi connectivity index (χ4v) is 5.54. The molecule has 3 aromatic carbocycles. The molecular weight excluding hydrogens is 552 g/mol. The average molecular weight is 587 g/mol. The van der Waals surface area contributed by atoms with E-state index in [1.165, 1.54) is 48.3 Å². The van der Waals surface area contributed by atoms with Gasteiger partial charge in [0.1, 0.15) is 5.60 Å². The topological polar surface area (TPSA) is 113 Å². The summed E-state index contributed by atoms with van der Waals surface area (Å²) in [5.41, 5.74) is 1.00. The van der Waals surface area contributed by atoms with Crippen LogP contribution in [0.1, 0.15) is 55.3 Å². The standard InChI is InChI=1S/C30H35ClN2O6S/c1-20(33(29(36)39-30(2,3)4)19-27(34)23-7-6-8-24(31)18-23)17-21-9-13-25(14-10-21)40(37,38)26-15-11-22(12-16-26)28(35)32-5/h6-16,18,20,27,34H,17,19H2,1-5H3,(H,32,35)/t20-,27+/m1/s1. The van der Waals surface area contributed by atoms with Gasteiger partial charge in [-0.25, -0.2) is 13.2 Å². The second-order valence-corrected chi connectivity index (χ2v) is 12.9. The number of rotatable bonds is 9. The lowest BCUT2D eigenvalue weighted by molar-refractivity contribution is 0.00547. The van der Waals surface area contributed by atoms with Gasteiger partial charge in [0, 0.05) is 23.7 Å². The molecule has 0 radical (unpaired) electrons. The van der Waals surface area contributed by atoms with Gasteiger partial charge < -0.3 is 20.1 Å². The van der Waals surface area contributed by atoms with Crippen LogP contribution in [0.3, 0.4) is 0 Å². The summed E-state index contributed by atoms with van der Waals surface area (Å²) in [6.07, 6.45) is -1.17. The molecule has 2 N–H and O–H groups in total. The predicted molar refractivity (Wildman–Crippen MR) is 154 cm³/mol. The maximum atomic E-state index is 13.1. The number of halogens is 1. The number of benzene rings is 3. The number of nitrogens with zero attached hydrogens (tertiary/aromatic N) is 1. The highest BCUT2D eigenvalue weighted by atomic mass is 35.5. The number of amides is 2. The summed E-state index contributed by atoms with van der Waals surface area (Å²) in [5, 5.41) is 13.9. The van der Waals surface area contributed by atoms with Crippen molar-refractivity contribution in [3.05, 3.63) is 94.5 Å². The third kappa shape index (κ3) is 8.06. The van der Waals surface area contributed by atoms with Crippen LogP contribution in [0.5, 0.6) is 0 Å². The van der Waals surface area contributed by atoms with Crippen molar-refractivity contribution in [2.75, 3.05) is 13.6 Å². The molecule has 214 valence electrons. The van der Waals surface area contributed by atoms with Crippen molar-refractivity contribution in [2.24, 2.45) is 0 Å². The van der Waals surface area contributed by atoms with Gasteiger partial charge in [-0.15, -0.1) is 0 Å². The normalized spacial score (nSPS) is 13.3. The maximum Gasteiger partial charge on any atom is 0.410 e. The van der Waals surface area contributed by atoms with Crippen LogP contribution in [0.15, 0.2) is 82.6 Å². The molecule has 0 aliphatic rings. The second kappa shape index (κ2) is 12.8. The van der Waals surface area contributed by atoms with Crippen molar-refractivity contribution in [1.29, 1.82) is 0 Å². The lowest BCUT2D eigenvalue weighted by Gasteiger charge is -2.33. The van der Waals surface area contributed by atoms with Gasteiger partial charge in [0.25, 0.3) is 5.91 Å². The minimum atomic E-state index is -3.79. The SMILES string of the molecule is CNC(=O)c1ccc(S(=O)(=O)c2ccc(C[C@@H](C)N(C[C@H](O)c3cccc(Cl)c3)C(=O)OC(C)(C)C)cc2)cc1. The highest BCUT2D eigenvalue weighted by molar-refractivity contribution is 7.91. The van der Waals surface area contributed by atoms with E-state index in [2.05, 4.69) is 5.32 Å². The van der Waals surface area contributed by atoms with E-state index in [0.29, 0.717) is 22.6 Å². The van der Waals surface area contributed by atoms with E-state index in [1.54, 1.807) is 57.2 Å². The fourth-order valence-electron chi connectivity index (χ4n) is 4.08. The fraction of sp³-hybridized carbons (Fsp3) is 0.333. The van der Waals surface area contributed by atoms with E-state index in [-0.39, 0.29) is 28.3 Å². The smallest absolute Gasteiger partial charge is 0.410 e. The molecule has 3 rings (SSSR count). The molecule has 40 heavy (non-hydrogen) atoms. The Balaban J connectivity index is 1.79. The molecule has 0 aromatic heterocycles. The lowest BCUT2D eigenvalue weighted by atomic mass is 10.0. The highest BCUT2D eigenvalue weighted by Gasteiger charge is 2.29. The van der Waals surface area contributed by atoms with Crippen LogP contribution >= 0.6 is 11.6 Å². The maximum absolute atomic E-state index is 13.1. The molecule has 0 unspecified atom stereocenters. The van der Waals surface area contributed by atoms with Gasteiger partial charge in [-0.3, -0.25) is 4.79 Å². The Morgan fingerprint density at radius 2 is 1.57 bits per heavy atom. The Kier molecular flexibility index (Phi) is 10.00. The molecule has 10 heteroatoms. The van der Waals surface area contributed by atoms with Crippen molar-refractivity contribution in [1.82, 2.24) is 10.2 Å². The summed E-state index contributed by atoms with van der Waals surface area (Å²) >= 11 is 6.08. The van der Waals surface area contributed by atoms with Gasteiger partial charge in [0.15, 0.2) is 0 Å². The monoisotopic (exact) mass is 586 g/mol. The minimum Gasteiger partial charge on any atom is -0.444 e. The predicted octanol–water partition coefficient (Wildman–Crippen LogP) is 5.43. The van der Waals surface area contributed by atoms with Crippen LogP contribution in [0.25, 0.3) is 0 Å². The lowest BCUT2D eigenvalue weighted by Crippen LogP contribution is -2.45. The molecule has 8 nitrogen and oxygen atoms in total. The summed E-state index contributed by atoms with van der Waals surface area (Å²) < 4.78 is 31.9. The van der Waals surface area contributed by atoms with E-state index >= 15 is 0 Å². The van der Waals surface area contributed by atoms with Crippen molar-refractivity contribution in [3.8, 4) is 0 Å². The van der Waals surface area contributed by atoms with E-state index in [9.17, 15) is 23.1 Å². The second-order valence-electron chi connectivity index (χ2n) is 10.5. The third-order valence-electron chi connectivity index (χ3n) is 6.18. The Labute approximate surface area is 240 Å². The van der Waals surface area contributed by atoms with Crippen LogP contribution in [0.2, 0.25) is 5.02 Å². The largest absolute Gasteiger partial charge is 0.444 e. The van der Waals surface area contributed by atoms with Crippen LogP contribution in [0.4, 0.5) is 4.79 Å². The Morgan fingerprint density at radius 3 is 2.10 bits per heavy atom. The van der Waals surface area contributed by atoms with E-state index < -0.39 is 27.6 Å². The number of carbonyl (C=O) groups is 2. The molecule has 0 fully saturated rings. The summed E-state index contributed by atoms with van der Waals surface area (Å²) in [7, 11) is -2.29. The van der Waals surface area contributed by atoms with Gasteiger partial charge in [0.05, 0.1) is 22.4 Å². The van der Waals surface area contributed by atoms with Gasteiger partial charge in [0.2, 0.25) is 9.84 Å². The van der Waals surface area contributed by atoms with Crippen LogP contribution < -0.4 is 5.32 Å². The van der Waals surface area contributed by atoms with Crippen LogP contribution in [-0.2, 0) is 21.0 Å². The number of sulfone groups is 1. The average Bonchev–Trinajstić information content (AvgIpc) is 2.90. The number of carbonyl (C=O) groups excluding carboxylic acids is 2. The van der Waals surface area contributed by atoms with Gasteiger partial charge in [-0.1, -0.05) is 35.9 Å². The number of aliphatic hydroxyl groups excluding tert-OH is 1. The number of ether oxygens (including phenoxy) is 1. The summed E-state index contributed by atoms with van der Waals surface area (Å²) in [4.78, 5) is 26.5. The Bertz CT molecular complexity index is 1430. The number of hydrogen-bond acceptors (Lipinski definition) is 6. The van der Waals surface area contributed by atoms with Crippen LogP contribution in [-0.4, -0.2) is 55.7 Å². The molecule has 0 aliphatic heterocycles. The number of nitrogens with one attached hydrogen (secondary N) is 1. The molecule has 2 amide bonds. The highest BCUT2D eigenvalue weighted by Crippen LogP contribution is 2.25. The van der Waals surface area contributed by atoms with Crippen LogP contribution in [0, 0.1) is 0 Å². The third-order valence-corrected chi connectivity index (χ3v) is 8.20. The first-order valence-corrected chi connectivity index (χ1v) is 14.7. The zero-order valence-corrected chi connectivity index (χ0v) is 24.8. The zero-order chi connectivity index (χ0) is 29.7. The van der Waals surface area contributed by atoms with Crippen molar-refractivity contribution >= 4 is 33.4 Å². The quantitative estimate of drug-likeness (QED) is 0.345. The molecule has 0 heterocycles. The van der Waals surface area contributed by atoms with E-state index in [0.717, 1.165) is 5.56 Å². The molecule has 0 aliphatic carbocycles. The van der Waals surface area contributed by atoms with Gasteiger partial charge in [-0.05, 0) is 93.8 Å². The first-order valence-electron chi connectivity index (χ1n) is 12.8. The van der Waals surface area contributed by atoms with Crippen molar-refractivity contribution < 1.29 is 27.9 Å². The zero-order valence-electron chi connectivity index (χ0n) is 23.2. The molecule has 2 atom stereocenters. The van der Waals surface area contributed by atoms with Crippen molar-refractivity contribution in [2.45, 2.75) is 61.7 Å². The molecule has 0 saturated carbocycles.